The highest BCUT2D eigenvalue weighted by Crippen LogP contribution is 2.11. The van der Waals surface area contributed by atoms with E-state index in [1.54, 1.807) is 18.4 Å². The summed E-state index contributed by atoms with van der Waals surface area (Å²) in [6.45, 7) is 4.03. The molecule has 0 fully saturated rings. The Morgan fingerprint density at radius 1 is 1.23 bits per heavy atom. The maximum Gasteiger partial charge on any atom is 0.194 e. The Kier molecular flexibility index (Phi) is 10.2. The highest BCUT2D eigenvalue weighted by Gasteiger charge is 2.10. The molecular weight excluding hydrogens is 525 g/mol. The quantitative estimate of drug-likeness (QED) is 0.249. The summed E-state index contributed by atoms with van der Waals surface area (Å²) in [5, 5.41) is 15.0. The smallest absolute Gasteiger partial charge is 0.194 e. The first-order valence-corrected chi connectivity index (χ1v) is 10.8. The number of thiazole rings is 1. The third kappa shape index (κ3) is 7.46. The fourth-order valence-corrected chi connectivity index (χ4v) is 3.51. The van der Waals surface area contributed by atoms with Crippen molar-refractivity contribution in [2.75, 3.05) is 27.2 Å². The number of ether oxygens (including phenoxy) is 1. The van der Waals surface area contributed by atoms with E-state index in [4.69, 9.17) is 9.73 Å². The second-order valence-corrected chi connectivity index (χ2v) is 7.96. The van der Waals surface area contributed by atoms with Crippen LogP contribution in [0.4, 0.5) is 0 Å². The average Bonchev–Trinajstić information content (AvgIpc) is 3.40. The van der Waals surface area contributed by atoms with Crippen molar-refractivity contribution >= 4 is 41.3 Å². The van der Waals surface area contributed by atoms with Gasteiger partial charge in [0, 0.05) is 45.2 Å². The van der Waals surface area contributed by atoms with E-state index in [1.807, 2.05) is 42.2 Å². The van der Waals surface area contributed by atoms with E-state index in [0.29, 0.717) is 6.54 Å². The van der Waals surface area contributed by atoms with Gasteiger partial charge in [-0.15, -0.1) is 45.5 Å². The van der Waals surface area contributed by atoms with Gasteiger partial charge in [-0.2, -0.15) is 0 Å². The molecule has 2 aromatic heterocycles. The summed E-state index contributed by atoms with van der Waals surface area (Å²) in [6, 6.07) is 8.15. The number of benzene rings is 1. The highest BCUT2D eigenvalue weighted by atomic mass is 127. The minimum atomic E-state index is 0. The van der Waals surface area contributed by atoms with Crippen molar-refractivity contribution in [3.8, 4) is 5.75 Å². The average molecular weight is 555 g/mol. The molecule has 0 atom stereocenters. The van der Waals surface area contributed by atoms with Gasteiger partial charge in [0.1, 0.15) is 18.1 Å². The molecule has 0 aliphatic heterocycles. The van der Waals surface area contributed by atoms with Gasteiger partial charge in [-0.1, -0.05) is 12.1 Å². The first kappa shape index (κ1) is 25.1. The molecule has 168 valence electrons. The number of hydrogen-bond acceptors (Lipinski definition) is 6. The van der Waals surface area contributed by atoms with Gasteiger partial charge in [0.15, 0.2) is 11.8 Å². The third-order valence-corrected chi connectivity index (χ3v) is 5.75. The van der Waals surface area contributed by atoms with Crippen molar-refractivity contribution in [2.45, 2.75) is 26.3 Å². The molecular formula is C21H30IN7OS. The Morgan fingerprint density at radius 3 is 2.61 bits per heavy atom. The standard InChI is InChI=1S/C21H29N7OS.HI/c1-16-25-26-19(28(16)3)15-24-21(27(2)13-10-20-22-12-14-30-20)23-11-9-17-5-7-18(29-4)8-6-17;/h5-8,12,14H,9-11,13,15H2,1-4H3,(H,23,24);1H. The van der Waals surface area contributed by atoms with E-state index in [-0.39, 0.29) is 24.0 Å². The monoisotopic (exact) mass is 555 g/mol. The van der Waals surface area contributed by atoms with Gasteiger partial charge >= 0.3 is 0 Å². The lowest BCUT2D eigenvalue weighted by atomic mass is 10.1. The number of methoxy groups -OCH3 is 1. The number of aryl methyl sites for hydroxylation is 1. The maximum absolute atomic E-state index is 5.23. The number of halogens is 1. The third-order valence-electron chi connectivity index (χ3n) is 4.91. The van der Waals surface area contributed by atoms with Crippen LogP contribution in [0.1, 0.15) is 22.2 Å². The first-order chi connectivity index (χ1) is 14.6. The molecule has 2 heterocycles. The highest BCUT2D eigenvalue weighted by molar-refractivity contribution is 14.0. The van der Waals surface area contributed by atoms with Crippen LogP contribution in [0.3, 0.4) is 0 Å². The van der Waals surface area contributed by atoms with E-state index in [2.05, 4.69) is 44.6 Å². The SMILES string of the molecule is COc1ccc(CCNC(=NCc2nnc(C)n2C)N(C)CCc2nccs2)cc1.I. The lowest BCUT2D eigenvalue weighted by Gasteiger charge is -2.22. The van der Waals surface area contributed by atoms with Gasteiger partial charge in [0.25, 0.3) is 0 Å². The summed E-state index contributed by atoms with van der Waals surface area (Å²) in [7, 11) is 5.69. The number of likely N-dealkylation sites (N-methyl/N-ethyl adjacent to an activating group) is 1. The molecule has 0 aliphatic rings. The molecule has 31 heavy (non-hydrogen) atoms. The van der Waals surface area contributed by atoms with Crippen molar-refractivity contribution in [2.24, 2.45) is 12.0 Å². The summed E-state index contributed by atoms with van der Waals surface area (Å²) in [5.74, 6) is 3.44. The zero-order valence-corrected chi connectivity index (χ0v) is 21.6. The van der Waals surface area contributed by atoms with Gasteiger partial charge in [-0.3, -0.25) is 0 Å². The molecule has 0 amide bonds. The second-order valence-electron chi connectivity index (χ2n) is 6.98. The summed E-state index contributed by atoms with van der Waals surface area (Å²) >= 11 is 1.68. The van der Waals surface area contributed by atoms with Gasteiger partial charge in [0.2, 0.25) is 0 Å². The fraction of sp³-hybridized carbons (Fsp3) is 0.429. The van der Waals surface area contributed by atoms with Crippen molar-refractivity contribution in [1.29, 1.82) is 0 Å². The number of nitrogens with zero attached hydrogens (tertiary/aromatic N) is 6. The topological polar surface area (TPSA) is 80.5 Å². The minimum Gasteiger partial charge on any atom is -0.497 e. The van der Waals surface area contributed by atoms with Crippen molar-refractivity contribution in [3.05, 3.63) is 58.1 Å². The maximum atomic E-state index is 5.23. The van der Waals surface area contributed by atoms with Crippen LogP contribution >= 0.6 is 35.3 Å². The van der Waals surface area contributed by atoms with Crippen LogP contribution in [0.2, 0.25) is 0 Å². The molecule has 3 aromatic rings. The summed E-state index contributed by atoms with van der Waals surface area (Å²) in [6.07, 6.45) is 3.63. The fourth-order valence-electron chi connectivity index (χ4n) is 2.90. The van der Waals surface area contributed by atoms with E-state index < -0.39 is 0 Å². The minimum absolute atomic E-state index is 0. The lowest BCUT2D eigenvalue weighted by molar-refractivity contribution is 0.414. The Morgan fingerprint density at radius 2 is 2.00 bits per heavy atom. The van der Waals surface area contributed by atoms with Crippen molar-refractivity contribution in [1.82, 2.24) is 30.0 Å². The molecule has 0 unspecified atom stereocenters. The molecule has 0 bridgehead atoms. The van der Waals surface area contributed by atoms with E-state index in [0.717, 1.165) is 54.3 Å². The lowest BCUT2D eigenvalue weighted by Crippen LogP contribution is -2.41. The number of hydrogen-bond donors (Lipinski definition) is 1. The van der Waals surface area contributed by atoms with Crippen LogP contribution in [0.15, 0.2) is 40.8 Å². The van der Waals surface area contributed by atoms with Crippen LogP contribution in [0, 0.1) is 6.92 Å². The molecule has 0 saturated heterocycles. The van der Waals surface area contributed by atoms with E-state index in [9.17, 15) is 0 Å². The van der Waals surface area contributed by atoms with Crippen molar-refractivity contribution < 1.29 is 4.74 Å². The molecule has 0 saturated carbocycles. The number of rotatable bonds is 9. The number of nitrogens with one attached hydrogen (secondary N) is 1. The number of guanidine groups is 1. The molecule has 1 N–H and O–H groups in total. The van der Waals surface area contributed by atoms with Gasteiger partial charge in [-0.25, -0.2) is 9.98 Å². The summed E-state index contributed by atoms with van der Waals surface area (Å²) in [5.41, 5.74) is 1.25. The Balaban J connectivity index is 0.00000341. The summed E-state index contributed by atoms with van der Waals surface area (Å²) in [4.78, 5) is 11.3. The Labute approximate surface area is 204 Å². The second kappa shape index (κ2) is 12.6. The molecule has 8 nitrogen and oxygen atoms in total. The molecule has 0 spiro atoms. The molecule has 0 aliphatic carbocycles. The largest absolute Gasteiger partial charge is 0.497 e. The van der Waals surface area contributed by atoms with Gasteiger partial charge in [-0.05, 0) is 31.0 Å². The molecule has 1 aromatic carbocycles. The predicted octanol–water partition coefficient (Wildman–Crippen LogP) is 3.07. The summed E-state index contributed by atoms with van der Waals surface area (Å²) < 4.78 is 7.19. The Bertz CT molecular complexity index is 941. The number of aliphatic imine (C=N–C) groups is 1. The zero-order valence-electron chi connectivity index (χ0n) is 18.4. The van der Waals surface area contributed by atoms with Crippen LogP contribution in [-0.2, 0) is 26.4 Å². The Hall–Kier alpha value is -2.21. The van der Waals surface area contributed by atoms with E-state index >= 15 is 0 Å². The van der Waals surface area contributed by atoms with Crippen LogP contribution in [-0.4, -0.2) is 57.9 Å². The molecule has 0 radical (unpaired) electrons. The normalized spacial score (nSPS) is 11.2. The van der Waals surface area contributed by atoms with E-state index in [1.165, 1.54) is 5.56 Å². The van der Waals surface area contributed by atoms with Crippen LogP contribution < -0.4 is 10.1 Å². The number of aromatic nitrogens is 4. The first-order valence-electron chi connectivity index (χ1n) is 9.92. The molecule has 3 rings (SSSR count). The molecule has 10 heteroatoms. The zero-order chi connectivity index (χ0) is 21.3. The van der Waals surface area contributed by atoms with Crippen molar-refractivity contribution in [3.63, 3.8) is 0 Å². The predicted molar refractivity (Wildman–Crippen MR) is 135 cm³/mol. The van der Waals surface area contributed by atoms with Gasteiger partial charge < -0.3 is 19.5 Å². The van der Waals surface area contributed by atoms with Crippen LogP contribution in [0.5, 0.6) is 5.75 Å². The van der Waals surface area contributed by atoms with Gasteiger partial charge in [0.05, 0.1) is 12.1 Å². The van der Waals surface area contributed by atoms with Crippen LogP contribution in [0.25, 0.3) is 0 Å².